The lowest BCUT2D eigenvalue weighted by molar-refractivity contribution is -0.115. The summed E-state index contributed by atoms with van der Waals surface area (Å²) in [5.41, 5.74) is 2.11. The highest BCUT2D eigenvalue weighted by atomic mass is 32.2. The lowest BCUT2D eigenvalue weighted by atomic mass is 10.2. The molecule has 0 saturated carbocycles. The third-order valence-corrected chi connectivity index (χ3v) is 5.85. The van der Waals surface area contributed by atoms with Gasteiger partial charge in [-0.2, -0.15) is 0 Å². The summed E-state index contributed by atoms with van der Waals surface area (Å²) in [6, 6.07) is 8.83. The number of carbonyl (C=O) groups excluding carboxylic acids is 1. The van der Waals surface area contributed by atoms with Gasteiger partial charge in [-0.25, -0.2) is 18.4 Å². The number of aromatic nitrogens is 2. The third-order valence-electron chi connectivity index (χ3n) is 3.58. The van der Waals surface area contributed by atoms with Gasteiger partial charge in [0, 0.05) is 23.1 Å². The van der Waals surface area contributed by atoms with Crippen molar-refractivity contribution >= 4 is 21.4 Å². The number of amides is 1. The number of hydrogen-bond donors (Lipinski definition) is 1. The van der Waals surface area contributed by atoms with Gasteiger partial charge in [0.2, 0.25) is 5.91 Å². The van der Waals surface area contributed by atoms with Gasteiger partial charge in [-0.3, -0.25) is 4.79 Å². The number of rotatable bonds is 6. The smallest absolute Gasteiger partial charge is 0.242 e. The van der Waals surface area contributed by atoms with Crippen LogP contribution in [0.4, 0.5) is 5.69 Å². The van der Waals surface area contributed by atoms with Gasteiger partial charge in [-0.1, -0.05) is 19.1 Å². The van der Waals surface area contributed by atoms with E-state index in [-0.39, 0.29) is 5.75 Å². The summed E-state index contributed by atoms with van der Waals surface area (Å²) in [7, 11) is -3.43. The normalized spacial score (nSPS) is 12.6. The Balaban J connectivity index is 2.19. The van der Waals surface area contributed by atoms with E-state index in [9.17, 15) is 13.2 Å². The lowest BCUT2D eigenvalue weighted by Gasteiger charge is -2.13. The van der Waals surface area contributed by atoms with Crippen molar-refractivity contribution in [1.82, 2.24) is 9.97 Å². The molecule has 0 unspecified atom stereocenters. The van der Waals surface area contributed by atoms with Crippen LogP contribution in [0.3, 0.4) is 0 Å². The summed E-state index contributed by atoms with van der Waals surface area (Å²) in [5, 5.41) is 1.57. The van der Waals surface area contributed by atoms with E-state index in [1.165, 1.54) is 6.92 Å². The molecule has 0 spiro atoms. The van der Waals surface area contributed by atoms with Gasteiger partial charge in [0.05, 0.1) is 5.75 Å². The third kappa shape index (κ3) is 4.38. The second kappa shape index (κ2) is 7.53. The first kappa shape index (κ1) is 18.1. The Hall–Kier alpha value is -2.28. The molecule has 24 heavy (non-hydrogen) atoms. The standard InChI is InChI=1S/C17H21N3O3S/c1-4-10-24(22,23)13(3)17(21)20-15-7-5-6-14(11-15)16-18-9-8-12(2)19-16/h5-9,11,13H,4,10H2,1-3H3,(H,20,21)/t13-/m0/s1. The molecular weight excluding hydrogens is 326 g/mol. The fraction of sp³-hybridized carbons (Fsp3) is 0.353. The molecular formula is C17H21N3O3S. The van der Waals surface area contributed by atoms with Crippen molar-refractivity contribution < 1.29 is 13.2 Å². The molecule has 1 aromatic heterocycles. The van der Waals surface area contributed by atoms with Crippen molar-refractivity contribution in [2.75, 3.05) is 11.1 Å². The van der Waals surface area contributed by atoms with Crippen LogP contribution in [0, 0.1) is 6.92 Å². The zero-order valence-corrected chi connectivity index (χ0v) is 14.8. The number of nitrogens with one attached hydrogen (secondary N) is 1. The highest BCUT2D eigenvalue weighted by Crippen LogP contribution is 2.20. The average molecular weight is 347 g/mol. The van der Waals surface area contributed by atoms with E-state index in [0.29, 0.717) is 17.9 Å². The van der Waals surface area contributed by atoms with E-state index in [1.807, 2.05) is 13.0 Å². The fourth-order valence-corrected chi connectivity index (χ4v) is 3.50. The molecule has 0 radical (unpaired) electrons. The summed E-state index contributed by atoms with van der Waals surface area (Å²) in [6.07, 6.45) is 2.16. The molecule has 7 heteroatoms. The molecule has 0 aliphatic heterocycles. The molecule has 1 aromatic carbocycles. The Bertz CT molecular complexity index is 834. The van der Waals surface area contributed by atoms with Gasteiger partial charge in [-0.15, -0.1) is 0 Å². The number of sulfone groups is 1. The van der Waals surface area contributed by atoms with Gasteiger partial charge < -0.3 is 5.32 Å². The van der Waals surface area contributed by atoms with Crippen molar-refractivity contribution in [3.63, 3.8) is 0 Å². The Kier molecular flexibility index (Phi) is 5.66. The molecule has 0 aliphatic carbocycles. The number of hydrogen-bond acceptors (Lipinski definition) is 5. The Morgan fingerprint density at radius 1 is 1.29 bits per heavy atom. The van der Waals surface area contributed by atoms with E-state index in [2.05, 4.69) is 15.3 Å². The van der Waals surface area contributed by atoms with E-state index >= 15 is 0 Å². The van der Waals surface area contributed by atoms with E-state index in [1.54, 1.807) is 37.4 Å². The lowest BCUT2D eigenvalue weighted by Crippen LogP contribution is -2.34. The first-order chi connectivity index (χ1) is 11.3. The summed E-state index contributed by atoms with van der Waals surface area (Å²) in [5.74, 6) is 0.0159. The summed E-state index contributed by atoms with van der Waals surface area (Å²) >= 11 is 0. The van der Waals surface area contributed by atoms with Crippen molar-refractivity contribution in [3.8, 4) is 11.4 Å². The van der Waals surface area contributed by atoms with Crippen molar-refractivity contribution in [2.45, 2.75) is 32.4 Å². The number of benzene rings is 1. The molecule has 0 fully saturated rings. The first-order valence-corrected chi connectivity index (χ1v) is 9.47. The number of anilines is 1. The number of carbonyl (C=O) groups is 1. The van der Waals surface area contributed by atoms with Crippen LogP contribution in [0.2, 0.25) is 0 Å². The molecule has 1 atom stereocenters. The summed E-state index contributed by atoms with van der Waals surface area (Å²) in [6.45, 7) is 5.05. The average Bonchev–Trinajstić information content (AvgIpc) is 2.54. The minimum atomic E-state index is -3.43. The highest BCUT2D eigenvalue weighted by Gasteiger charge is 2.27. The van der Waals surface area contributed by atoms with Gasteiger partial charge in [0.15, 0.2) is 15.7 Å². The van der Waals surface area contributed by atoms with Crippen LogP contribution in [-0.4, -0.2) is 35.3 Å². The fourth-order valence-electron chi connectivity index (χ4n) is 2.19. The molecule has 0 saturated heterocycles. The predicted molar refractivity (Wildman–Crippen MR) is 94.4 cm³/mol. The zero-order valence-electron chi connectivity index (χ0n) is 14.0. The van der Waals surface area contributed by atoms with Crippen LogP contribution in [0.15, 0.2) is 36.5 Å². The van der Waals surface area contributed by atoms with E-state index in [0.717, 1.165) is 11.3 Å². The number of aryl methyl sites for hydroxylation is 1. The quantitative estimate of drug-likeness (QED) is 0.867. The van der Waals surface area contributed by atoms with Gasteiger partial charge in [0.25, 0.3) is 0 Å². The molecule has 2 aromatic rings. The Morgan fingerprint density at radius 2 is 2.04 bits per heavy atom. The van der Waals surface area contributed by atoms with Crippen LogP contribution in [0.5, 0.6) is 0 Å². The second-order valence-corrected chi connectivity index (χ2v) is 8.04. The monoisotopic (exact) mass is 347 g/mol. The van der Waals surface area contributed by atoms with E-state index < -0.39 is 21.0 Å². The molecule has 6 nitrogen and oxygen atoms in total. The summed E-state index contributed by atoms with van der Waals surface area (Å²) < 4.78 is 24.0. The highest BCUT2D eigenvalue weighted by molar-refractivity contribution is 7.92. The maximum atomic E-state index is 12.2. The Morgan fingerprint density at radius 3 is 2.71 bits per heavy atom. The molecule has 1 N–H and O–H groups in total. The van der Waals surface area contributed by atoms with Crippen molar-refractivity contribution in [3.05, 3.63) is 42.2 Å². The maximum absolute atomic E-state index is 12.2. The number of nitrogens with zero attached hydrogens (tertiary/aromatic N) is 2. The van der Waals surface area contributed by atoms with Crippen LogP contribution in [0.25, 0.3) is 11.4 Å². The minimum absolute atomic E-state index is 0.00123. The van der Waals surface area contributed by atoms with Crippen LogP contribution in [0.1, 0.15) is 26.0 Å². The van der Waals surface area contributed by atoms with Crippen molar-refractivity contribution in [2.24, 2.45) is 0 Å². The predicted octanol–water partition coefficient (Wildman–Crippen LogP) is 2.60. The molecule has 0 bridgehead atoms. The van der Waals surface area contributed by atoms with Crippen LogP contribution in [-0.2, 0) is 14.6 Å². The largest absolute Gasteiger partial charge is 0.325 e. The van der Waals surface area contributed by atoms with Gasteiger partial charge in [-0.05, 0) is 38.5 Å². The Labute approximate surface area is 142 Å². The molecule has 2 rings (SSSR count). The first-order valence-electron chi connectivity index (χ1n) is 7.76. The van der Waals surface area contributed by atoms with Gasteiger partial charge >= 0.3 is 0 Å². The van der Waals surface area contributed by atoms with Crippen LogP contribution < -0.4 is 5.32 Å². The van der Waals surface area contributed by atoms with E-state index in [4.69, 9.17) is 0 Å². The summed E-state index contributed by atoms with van der Waals surface area (Å²) in [4.78, 5) is 20.8. The molecule has 0 aliphatic rings. The minimum Gasteiger partial charge on any atom is -0.325 e. The molecule has 1 amide bonds. The SMILES string of the molecule is CCCS(=O)(=O)[C@@H](C)C(=O)Nc1cccc(-c2nccc(C)n2)c1. The molecule has 128 valence electrons. The maximum Gasteiger partial charge on any atom is 0.242 e. The topological polar surface area (TPSA) is 89.0 Å². The molecule has 1 heterocycles. The van der Waals surface area contributed by atoms with Crippen LogP contribution >= 0.6 is 0 Å². The van der Waals surface area contributed by atoms with Crippen molar-refractivity contribution in [1.29, 1.82) is 0 Å². The zero-order chi connectivity index (χ0) is 17.7. The second-order valence-electron chi connectivity index (χ2n) is 5.60. The van der Waals surface area contributed by atoms with Gasteiger partial charge in [0.1, 0.15) is 5.25 Å².